The van der Waals surface area contributed by atoms with Crippen LogP contribution in [0.4, 0.5) is 5.95 Å². The molecule has 84 valence electrons. The molecule has 1 unspecified atom stereocenters. The van der Waals surface area contributed by atoms with Gasteiger partial charge in [0.1, 0.15) is 12.6 Å². The van der Waals surface area contributed by atoms with Gasteiger partial charge in [-0.05, 0) is 22.9 Å². The van der Waals surface area contributed by atoms with Gasteiger partial charge in [-0.2, -0.15) is 0 Å². The fraction of sp³-hybridized carbons (Fsp3) is 0.333. The van der Waals surface area contributed by atoms with E-state index in [0.717, 1.165) is 4.47 Å². The summed E-state index contributed by atoms with van der Waals surface area (Å²) in [5, 5.41) is 2.26. The number of hydrogen-bond acceptors (Lipinski definition) is 5. The molecule has 0 spiro atoms. The number of aromatic nitrogens is 2. The number of hydrogen-bond donors (Lipinski definition) is 1. The summed E-state index contributed by atoms with van der Waals surface area (Å²) in [6, 6.07) is -0.445. The summed E-state index contributed by atoms with van der Waals surface area (Å²) >= 11 is 3.22. The summed E-state index contributed by atoms with van der Waals surface area (Å²) in [4.78, 5) is 32.3. The Morgan fingerprint density at radius 1 is 1.44 bits per heavy atom. The molecular formula is C9H9BrN4O2. The van der Waals surface area contributed by atoms with E-state index >= 15 is 0 Å². The lowest BCUT2D eigenvalue weighted by Gasteiger charge is -2.31. The Labute approximate surface area is 100 Å². The van der Waals surface area contributed by atoms with Crippen molar-refractivity contribution in [3.8, 4) is 0 Å². The molecule has 1 atom stereocenters. The van der Waals surface area contributed by atoms with Crippen LogP contribution in [0.2, 0.25) is 0 Å². The molecule has 1 aromatic rings. The maximum atomic E-state index is 11.4. The van der Waals surface area contributed by atoms with E-state index in [-0.39, 0.29) is 18.4 Å². The molecule has 0 saturated carbocycles. The molecular weight excluding hydrogens is 276 g/mol. The van der Waals surface area contributed by atoms with Gasteiger partial charge >= 0.3 is 0 Å². The third-order valence-electron chi connectivity index (χ3n) is 2.29. The van der Waals surface area contributed by atoms with Gasteiger partial charge in [-0.1, -0.05) is 0 Å². The normalized spacial score (nSPS) is 20.9. The van der Waals surface area contributed by atoms with E-state index < -0.39 is 6.04 Å². The molecule has 2 amide bonds. The summed E-state index contributed by atoms with van der Waals surface area (Å²) in [5.41, 5.74) is 0. The number of nitrogens with zero attached hydrogens (tertiary/aromatic N) is 3. The standard InChI is InChI=1S/C9H9BrN4O2/c1-5-8(16)13-7(15)4-14(5)9-11-2-6(10)3-12-9/h2-3,5H,4H2,1H3,(H,13,15,16). The minimum absolute atomic E-state index is 0.0918. The Morgan fingerprint density at radius 2 is 2.06 bits per heavy atom. The molecule has 1 aromatic heterocycles. The molecule has 1 N–H and O–H groups in total. The quantitative estimate of drug-likeness (QED) is 0.740. The molecule has 0 aromatic carbocycles. The highest BCUT2D eigenvalue weighted by molar-refractivity contribution is 9.10. The van der Waals surface area contributed by atoms with Crippen LogP contribution >= 0.6 is 15.9 Å². The van der Waals surface area contributed by atoms with E-state index in [2.05, 4.69) is 31.2 Å². The van der Waals surface area contributed by atoms with Gasteiger partial charge < -0.3 is 4.90 Å². The van der Waals surface area contributed by atoms with E-state index in [1.54, 1.807) is 24.2 Å². The van der Waals surface area contributed by atoms with Crippen LogP contribution in [-0.2, 0) is 9.59 Å². The summed E-state index contributed by atoms with van der Waals surface area (Å²) in [6.45, 7) is 1.79. The average Bonchev–Trinajstić information content (AvgIpc) is 2.25. The van der Waals surface area contributed by atoms with E-state index in [0.29, 0.717) is 5.95 Å². The Hall–Kier alpha value is -1.50. The van der Waals surface area contributed by atoms with Gasteiger partial charge in [0.15, 0.2) is 0 Å². The van der Waals surface area contributed by atoms with Gasteiger partial charge in [0.05, 0.1) is 4.47 Å². The maximum absolute atomic E-state index is 11.4. The predicted octanol–water partition coefficient (Wildman–Crippen LogP) is 0.0904. The largest absolute Gasteiger partial charge is 0.320 e. The highest BCUT2D eigenvalue weighted by Gasteiger charge is 2.31. The number of rotatable bonds is 1. The lowest BCUT2D eigenvalue weighted by Crippen LogP contribution is -2.57. The Morgan fingerprint density at radius 3 is 2.69 bits per heavy atom. The number of imide groups is 1. The molecule has 0 bridgehead atoms. The number of amides is 2. The van der Waals surface area contributed by atoms with Crippen molar-refractivity contribution >= 4 is 33.7 Å². The van der Waals surface area contributed by atoms with Gasteiger partial charge in [-0.3, -0.25) is 14.9 Å². The van der Waals surface area contributed by atoms with E-state index in [4.69, 9.17) is 0 Å². The zero-order valence-electron chi connectivity index (χ0n) is 8.48. The number of piperazine rings is 1. The fourth-order valence-corrected chi connectivity index (χ4v) is 1.62. The topological polar surface area (TPSA) is 75.2 Å². The lowest BCUT2D eigenvalue weighted by atomic mass is 10.2. The smallest absolute Gasteiger partial charge is 0.249 e. The number of carbonyl (C=O) groups excluding carboxylic acids is 2. The third kappa shape index (κ3) is 2.04. The van der Waals surface area contributed by atoms with Crippen LogP contribution in [0.1, 0.15) is 6.92 Å². The molecule has 0 radical (unpaired) electrons. The molecule has 0 aliphatic carbocycles. The first-order valence-corrected chi connectivity index (χ1v) is 5.45. The Balaban J connectivity index is 2.28. The van der Waals surface area contributed by atoms with Gasteiger partial charge in [0, 0.05) is 12.4 Å². The zero-order chi connectivity index (χ0) is 11.7. The Kier molecular flexibility index (Phi) is 2.86. The van der Waals surface area contributed by atoms with E-state index in [9.17, 15) is 9.59 Å². The number of nitrogens with one attached hydrogen (secondary N) is 1. The van der Waals surface area contributed by atoms with Crippen molar-refractivity contribution in [1.29, 1.82) is 0 Å². The summed E-state index contributed by atoms with van der Waals surface area (Å²) in [7, 11) is 0. The highest BCUT2D eigenvalue weighted by Crippen LogP contribution is 2.15. The SMILES string of the molecule is CC1C(=O)NC(=O)CN1c1ncc(Br)cn1. The maximum Gasteiger partial charge on any atom is 0.249 e. The second-order valence-electron chi connectivity index (χ2n) is 3.42. The average molecular weight is 285 g/mol. The molecule has 16 heavy (non-hydrogen) atoms. The second kappa shape index (κ2) is 4.17. The van der Waals surface area contributed by atoms with Crippen LogP contribution in [0.15, 0.2) is 16.9 Å². The molecule has 6 nitrogen and oxygen atoms in total. The van der Waals surface area contributed by atoms with Crippen molar-refractivity contribution < 1.29 is 9.59 Å². The van der Waals surface area contributed by atoms with Gasteiger partial charge in [-0.25, -0.2) is 9.97 Å². The fourth-order valence-electron chi connectivity index (χ4n) is 1.41. The van der Waals surface area contributed by atoms with E-state index in [1.165, 1.54) is 0 Å². The lowest BCUT2D eigenvalue weighted by molar-refractivity contribution is -0.132. The van der Waals surface area contributed by atoms with Crippen molar-refractivity contribution in [2.24, 2.45) is 0 Å². The second-order valence-corrected chi connectivity index (χ2v) is 4.33. The predicted molar refractivity (Wildman–Crippen MR) is 59.7 cm³/mol. The van der Waals surface area contributed by atoms with Crippen LogP contribution < -0.4 is 10.2 Å². The molecule has 1 aliphatic rings. The molecule has 1 aliphatic heterocycles. The summed E-state index contributed by atoms with van der Waals surface area (Å²) in [5.74, 6) is -0.295. The summed E-state index contributed by atoms with van der Waals surface area (Å²) < 4.78 is 0.747. The van der Waals surface area contributed by atoms with Crippen LogP contribution in [0, 0.1) is 0 Å². The van der Waals surface area contributed by atoms with Crippen LogP contribution in [0.25, 0.3) is 0 Å². The summed E-state index contributed by atoms with van der Waals surface area (Å²) in [6.07, 6.45) is 3.15. The first kappa shape index (κ1) is 11.0. The number of anilines is 1. The zero-order valence-corrected chi connectivity index (χ0v) is 10.1. The van der Waals surface area contributed by atoms with Crippen LogP contribution in [-0.4, -0.2) is 34.4 Å². The minimum atomic E-state index is -0.445. The first-order valence-electron chi connectivity index (χ1n) is 4.66. The highest BCUT2D eigenvalue weighted by atomic mass is 79.9. The molecule has 2 rings (SSSR count). The van der Waals surface area contributed by atoms with Crippen molar-refractivity contribution in [2.45, 2.75) is 13.0 Å². The van der Waals surface area contributed by atoms with Crippen molar-refractivity contribution in [3.63, 3.8) is 0 Å². The van der Waals surface area contributed by atoms with Crippen molar-refractivity contribution in [2.75, 3.05) is 11.4 Å². The van der Waals surface area contributed by atoms with Crippen molar-refractivity contribution in [3.05, 3.63) is 16.9 Å². The molecule has 7 heteroatoms. The van der Waals surface area contributed by atoms with Gasteiger partial charge in [0.25, 0.3) is 0 Å². The molecule has 1 saturated heterocycles. The minimum Gasteiger partial charge on any atom is -0.320 e. The number of carbonyl (C=O) groups is 2. The first-order chi connectivity index (χ1) is 7.58. The van der Waals surface area contributed by atoms with Gasteiger partial charge in [-0.15, -0.1) is 0 Å². The van der Waals surface area contributed by atoms with E-state index in [1.807, 2.05) is 0 Å². The Bertz CT molecular complexity index is 434. The van der Waals surface area contributed by atoms with Crippen LogP contribution in [0.3, 0.4) is 0 Å². The monoisotopic (exact) mass is 284 g/mol. The third-order valence-corrected chi connectivity index (χ3v) is 2.70. The van der Waals surface area contributed by atoms with Gasteiger partial charge in [0.2, 0.25) is 17.8 Å². The molecule has 2 heterocycles. The molecule has 1 fully saturated rings. The number of halogens is 1. The van der Waals surface area contributed by atoms with Crippen LogP contribution in [0.5, 0.6) is 0 Å². The van der Waals surface area contributed by atoms with Crippen molar-refractivity contribution in [1.82, 2.24) is 15.3 Å².